The molecular formula is C19H22N2O3S. The first kappa shape index (κ1) is 17.6. The Balaban J connectivity index is 2.03. The lowest BCUT2D eigenvalue weighted by Gasteiger charge is -2.30. The second-order valence-corrected chi connectivity index (χ2v) is 8.34. The van der Waals surface area contributed by atoms with Gasteiger partial charge in [-0.3, -0.25) is 9.59 Å². The molecule has 0 bridgehead atoms. The molecule has 1 aromatic carbocycles. The zero-order valence-electron chi connectivity index (χ0n) is 14.9. The van der Waals surface area contributed by atoms with E-state index in [9.17, 15) is 9.59 Å². The molecule has 0 saturated heterocycles. The lowest BCUT2D eigenvalue weighted by atomic mass is 9.90. The standard InChI is InChI=1S/C19H22N2O3S/c1-11-5-6-13-15(7-11)25-10-16(22)21(13)9-12-8-14(18(20)23)24-17(12)19(2,3)4/h5-8H,9-10H2,1-4H3,(H2,20,23). The Labute approximate surface area is 151 Å². The van der Waals surface area contributed by atoms with E-state index in [-0.39, 0.29) is 17.1 Å². The molecule has 1 aliphatic rings. The first-order chi connectivity index (χ1) is 11.7. The maximum absolute atomic E-state index is 12.5. The van der Waals surface area contributed by atoms with Crippen molar-refractivity contribution in [3.63, 3.8) is 0 Å². The van der Waals surface area contributed by atoms with Crippen LogP contribution in [0.25, 0.3) is 0 Å². The number of hydrogen-bond donors (Lipinski definition) is 1. The number of carbonyl (C=O) groups is 2. The van der Waals surface area contributed by atoms with Gasteiger partial charge in [-0.1, -0.05) is 26.8 Å². The SMILES string of the molecule is Cc1ccc2c(c1)SCC(=O)N2Cc1cc(C(N)=O)oc1C(C)(C)C. The van der Waals surface area contributed by atoms with Crippen molar-refractivity contribution in [1.82, 2.24) is 0 Å². The van der Waals surface area contributed by atoms with E-state index in [4.69, 9.17) is 10.2 Å². The van der Waals surface area contributed by atoms with E-state index in [2.05, 4.69) is 6.07 Å². The average Bonchev–Trinajstić information content (AvgIpc) is 2.94. The number of primary amides is 1. The predicted molar refractivity (Wildman–Crippen MR) is 99.0 cm³/mol. The normalized spacial score (nSPS) is 14.6. The van der Waals surface area contributed by atoms with Gasteiger partial charge in [0, 0.05) is 15.9 Å². The number of nitrogens with zero attached hydrogens (tertiary/aromatic N) is 1. The first-order valence-corrected chi connectivity index (χ1v) is 9.12. The summed E-state index contributed by atoms with van der Waals surface area (Å²) in [5, 5.41) is 0. The van der Waals surface area contributed by atoms with Crippen LogP contribution in [0.15, 0.2) is 33.6 Å². The quantitative estimate of drug-likeness (QED) is 0.909. The van der Waals surface area contributed by atoms with Crippen LogP contribution in [0.4, 0.5) is 5.69 Å². The highest BCUT2D eigenvalue weighted by molar-refractivity contribution is 8.00. The number of nitrogens with two attached hydrogens (primary N) is 1. The molecule has 5 nitrogen and oxygen atoms in total. The third-order valence-electron chi connectivity index (χ3n) is 4.12. The minimum Gasteiger partial charge on any atom is -0.455 e. The molecule has 2 amide bonds. The van der Waals surface area contributed by atoms with Gasteiger partial charge in [-0.15, -0.1) is 11.8 Å². The van der Waals surface area contributed by atoms with Gasteiger partial charge in [0.25, 0.3) is 5.91 Å². The molecule has 1 aliphatic heterocycles. The van der Waals surface area contributed by atoms with Gasteiger partial charge in [0.05, 0.1) is 18.0 Å². The van der Waals surface area contributed by atoms with Crippen molar-refractivity contribution in [2.24, 2.45) is 5.73 Å². The van der Waals surface area contributed by atoms with E-state index in [1.807, 2.05) is 39.8 Å². The van der Waals surface area contributed by atoms with Crippen LogP contribution in [-0.4, -0.2) is 17.6 Å². The van der Waals surface area contributed by atoms with Crippen LogP contribution in [0.3, 0.4) is 0 Å². The number of anilines is 1. The zero-order valence-corrected chi connectivity index (χ0v) is 15.7. The van der Waals surface area contributed by atoms with Crippen LogP contribution < -0.4 is 10.6 Å². The molecule has 6 heteroatoms. The lowest BCUT2D eigenvalue weighted by Crippen LogP contribution is -2.35. The summed E-state index contributed by atoms with van der Waals surface area (Å²) >= 11 is 1.56. The molecule has 132 valence electrons. The van der Waals surface area contributed by atoms with Gasteiger partial charge in [-0.05, 0) is 30.7 Å². The topological polar surface area (TPSA) is 76.5 Å². The van der Waals surface area contributed by atoms with E-state index in [0.29, 0.717) is 18.1 Å². The van der Waals surface area contributed by atoms with Gasteiger partial charge >= 0.3 is 0 Å². The highest BCUT2D eigenvalue weighted by Crippen LogP contribution is 2.38. The summed E-state index contributed by atoms with van der Waals surface area (Å²) in [6.07, 6.45) is 0. The molecule has 2 N–H and O–H groups in total. The number of furan rings is 1. The Hall–Kier alpha value is -2.21. The Kier molecular flexibility index (Phi) is 4.41. The monoisotopic (exact) mass is 358 g/mol. The van der Waals surface area contributed by atoms with Gasteiger partial charge in [0.2, 0.25) is 5.91 Å². The summed E-state index contributed by atoms with van der Waals surface area (Å²) in [4.78, 5) is 26.9. The second kappa shape index (κ2) is 6.26. The van der Waals surface area contributed by atoms with Crippen molar-refractivity contribution in [3.05, 3.63) is 46.9 Å². The molecule has 0 saturated carbocycles. The van der Waals surface area contributed by atoms with E-state index < -0.39 is 5.91 Å². The van der Waals surface area contributed by atoms with Crippen LogP contribution in [-0.2, 0) is 16.8 Å². The van der Waals surface area contributed by atoms with Gasteiger partial charge in [0.15, 0.2) is 5.76 Å². The minimum atomic E-state index is -0.603. The number of benzene rings is 1. The Morgan fingerprint density at radius 1 is 1.32 bits per heavy atom. The van der Waals surface area contributed by atoms with Crippen LogP contribution in [0.5, 0.6) is 0 Å². The third-order valence-corrected chi connectivity index (χ3v) is 5.15. The molecule has 0 aliphatic carbocycles. The number of carbonyl (C=O) groups excluding carboxylic acids is 2. The number of fused-ring (bicyclic) bond motifs is 1. The lowest BCUT2D eigenvalue weighted by molar-refractivity contribution is -0.116. The molecule has 0 atom stereocenters. The molecular weight excluding hydrogens is 336 g/mol. The van der Waals surface area contributed by atoms with Crippen molar-refractivity contribution in [1.29, 1.82) is 0 Å². The van der Waals surface area contributed by atoms with E-state index in [0.717, 1.165) is 21.7 Å². The Morgan fingerprint density at radius 2 is 2.04 bits per heavy atom. The zero-order chi connectivity index (χ0) is 18.4. The molecule has 2 heterocycles. The van der Waals surface area contributed by atoms with Gasteiger partial charge in [0.1, 0.15) is 5.76 Å². The van der Waals surface area contributed by atoms with Crippen molar-refractivity contribution in [2.45, 2.75) is 44.6 Å². The van der Waals surface area contributed by atoms with Crippen molar-refractivity contribution in [2.75, 3.05) is 10.7 Å². The number of aryl methyl sites for hydroxylation is 1. The summed E-state index contributed by atoms with van der Waals surface area (Å²) in [5.74, 6) is 0.655. The highest BCUT2D eigenvalue weighted by Gasteiger charge is 2.30. The molecule has 1 aromatic heterocycles. The summed E-state index contributed by atoms with van der Waals surface area (Å²) in [6, 6.07) is 7.72. The van der Waals surface area contributed by atoms with Crippen LogP contribution in [0.1, 0.15) is 48.2 Å². The Bertz CT molecular complexity index is 849. The predicted octanol–water partition coefficient (Wildman–Crippen LogP) is 3.62. The summed E-state index contributed by atoms with van der Waals surface area (Å²) in [6.45, 7) is 8.41. The number of rotatable bonds is 3. The minimum absolute atomic E-state index is 0.0445. The average molecular weight is 358 g/mol. The van der Waals surface area contributed by atoms with Gasteiger partial charge in [-0.25, -0.2) is 0 Å². The first-order valence-electron chi connectivity index (χ1n) is 8.13. The third kappa shape index (κ3) is 3.44. The number of amides is 2. The number of thioether (sulfide) groups is 1. The van der Waals surface area contributed by atoms with Crippen LogP contribution in [0.2, 0.25) is 0 Å². The van der Waals surface area contributed by atoms with E-state index in [1.54, 1.807) is 22.7 Å². The molecule has 2 aromatic rings. The van der Waals surface area contributed by atoms with E-state index in [1.165, 1.54) is 0 Å². The van der Waals surface area contributed by atoms with Crippen LogP contribution in [0, 0.1) is 6.92 Å². The fraction of sp³-hybridized carbons (Fsp3) is 0.368. The fourth-order valence-corrected chi connectivity index (χ4v) is 3.99. The largest absolute Gasteiger partial charge is 0.455 e. The molecule has 0 spiro atoms. The van der Waals surface area contributed by atoms with Gasteiger partial charge < -0.3 is 15.1 Å². The highest BCUT2D eigenvalue weighted by atomic mass is 32.2. The maximum Gasteiger partial charge on any atom is 0.284 e. The van der Waals surface area contributed by atoms with Crippen LogP contribution >= 0.6 is 11.8 Å². The summed E-state index contributed by atoms with van der Waals surface area (Å²) in [5.41, 5.74) is 7.95. The number of hydrogen-bond acceptors (Lipinski definition) is 4. The summed E-state index contributed by atoms with van der Waals surface area (Å²) < 4.78 is 5.71. The van der Waals surface area contributed by atoms with Crippen molar-refractivity contribution >= 4 is 29.3 Å². The van der Waals surface area contributed by atoms with Crippen molar-refractivity contribution < 1.29 is 14.0 Å². The summed E-state index contributed by atoms with van der Waals surface area (Å²) in [7, 11) is 0. The molecule has 25 heavy (non-hydrogen) atoms. The fourth-order valence-electron chi connectivity index (χ4n) is 2.96. The molecule has 0 unspecified atom stereocenters. The smallest absolute Gasteiger partial charge is 0.284 e. The molecule has 0 radical (unpaired) electrons. The van der Waals surface area contributed by atoms with Gasteiger partial charge in [-0.2, -0.15) is 0 Å². The molecule has 3 rings (SSSR count). The second-order valence-electron chi connectivity index (χ2n) is 7.32. The van der Waals surface area contributed by atoms with E-state index >= 15 is 0 Å². The Morgan fingerprint density at radius 3 is 2.68 bits per heavy atom. The van der Waals surface area contributed by atoms with Crippen molar-refractivity contribution in [3.8, 4) is 0 Å². The maximum atomic E-state index is 12.5. The molecule has 0 fully saturated rings.